The largest absolute Gasteiger partial charge is 0.411 e. The molecule has 94 valence electrons. The van der Waals surface area contributed by atoms with Gasteiger partial charge in [0, 0.05) is 11.0 Å². The monoisotopic (exact) mass is 257 g/mol. The van der Waals surface area contributed by atoms with Crippen molar-refractivity contribution in [3.63, 3.8) is 0 Å². The topological polar surface area (TPSA) is 87.0 Å². The van der Waals surface area contributed by atoms with Gasteiger partial charge in [0.2, 0.25) is 0 Å². The van der Waals surface area contributed by atoms with E-state index in [1.165, 1.54) is 18.2 Å². The second kappa shape index (κ2) is 4.46. The summed E-state index contributed by atoms with van der Waals surface area (Å²) in [6.45, 7) is 5.34. The zero-order chi connectivity index (χ0) is 13.3. The Balaban J connectivity index is 3.53. The zero-order valence-electron chi connectivity index (χ0n) is 9.88. The van der Waals surface area contributed by atoms with Gasteiger partial charge in [0.25, 0.3) is 10.1 Å². The maximum absolute atomic E-state index is 11.2. The SMILES string of the molecule is CC(C)(C)C(=NO)c1ccccc1S(=O)(=O)O. The van der Waals surface area contributed by atoms with Crippen LogP contribution in [-0.4, -0.2) is 23.9 Å². The Kier molecular flexibility index (Phi) is 3.59. The van der Waals surface area contributed by atoms with Crippen molar-refractivity contribution in [3.8, 4) is 0 Å². The van der Waals surface area contributed by atoms with Gasteiger partial charge in [-0.1, -0.05) is 44.1 Å². The highest BCUT2D eigenvalue weighted by Gasteiger charge is 2.27. The standard InChI is InChI=1S/C11H15NO4S/c1-11(2,3)10(12-13)8-6-4-5-7-9(8)17(14,15)16/h4-7,13H,1-3H3,(H,14,15,16). The second-order valence-corrected chi connectivity index (χ2v) is 6.06. The molecule has 17 heavy (non-hydrogen) atoms. The Hall–Kier alpha value is -1.40. The van der Waals surface area contributed by atoms with Gasteiger partial charge in [0.05, 0.1) is 5.71 Å². The van der Waals surface area contributed by atoms with Gasteiger partial charge in [0.15, 0.2) is 0 Å². The van der Waals surface area contributed by atoms with Crippen LogP contribution in [0.15, 0.2) is 34.3 Å². The van der Waals surface area contributed by atoms with Gasteiger partial charge in [-0.25, -0.2) is 0 Å². The van der Waals surface area contributed by atoms with Crippen LogP contribution >= 0.6 is 0 Å². The van der Waals surface area contributed by atoms with Crippen LogP contribution in [0.3, 0.4) is 0 Å². The van der Waals surface area contributed by atoms with Crippen molar-refractivity contribution < 1.29 is 18.2 Å². The average molecular weight is 257 g/mol. The van der Waals surface area contributed by atoms with Crippen LogP contribution in [0.2, 0.25) is 0 Å². The summed E-state index contributed by atoms with van der Waals surface area (Å²) in [5.41, 5.74) is -0.147. The lowest BCUT2D eigenvalue weighted by Crippen LogP contribution is -2.23. The van der Waals surface area contributed by atoms with Gasteiger partial charge >= 0.3 is 0 Å². The Bertz CT molecular complexity index is 541. The smallest absolute Gasteiger partial charge is 0.295 e. The van der Waals surface area contributed by atoms with E-state index >= 15 is 0 Å². The lowest BCUT2D eigenvalue weighted by atomic mass is 9.86. The van der Waals surface area contributed by atoms with Gasteiger partial charge in [-0.05, 0) is 6.07 Å². The highest BCUT2D eigenvalue weighted by Crippen LogP contribution is 2.26. The zero-order valence-corrected chi connectivity index (χ0v) is 10.7. The first-order valence-corrected chi connectivity index (χ1v) is 6.41. The van der Waals surface area contributed by atoms with Crippen LogP contribution < -0.4 is 0 Å². The van der Waals surface area contributed by atoms with Crippen molar-refractivity contribution in [1.29, 1.82) is 0 Å². The molecule has 0 fully saturated rings. The Morgan fingerprint density at radius 3 is 2.18 bits per heavy atom. The van der Waals surface area contributed by atoms with Gasteiger partial charge in [-0.2, -0.15) is 8.42 Å². The van der Waals surface area contributed by atoms with E-state index in [2.05, 4.69) is 5.16 Å². The normalized spacial score (nSPS) is 13.8. The van der Waals surface area contributed by atoms with Crippen molar-refractivity contribution in [2.75, 3.05) is 0 Å². The van der Waals surface area contributed by atoms with E-state index in [-0.39, 0.29) is 16.2 Å². The first kappa shape index (κ1) is 13.7. The first-order valence-electron chi connectivity index (χ1n) is 4.97. The molecular weight excluding hydrogens is 242 g/mol. The number of benzene rings is 1. The van der Waals surface area contributed by atoms with E-state index in [0.717, 1.165) is 0 Å². The summed E-state index contributed by atoms with van der Waals surface area (Å²) in [7, 11) is -4.34. The summed E-state index contributed by atoms with van der Waals surface area (Å²) < 4.78 is 31.6. The number of nitrogens with zero attached hydrogens (tertiary/aromatic N) is 1. The average Bonchev–Trinajstić information content (AvgIpc) is 2.15. The molecule has 0 saturated carbocycles. The molecule has 0 aliphatic carbocycles. The molecule has 0 atom stereocenters. The summed E-state index contributed by atoms with van der Waals surface area (Å²) in [5, 5.41) is 12.2. The van der Waals surface area contributed by atoms with E-state index in [0.29, 0.717) is 0 Å². The van der Waals surface area contributed by atoms with Gasteiger partial charge in [0.1, 0.15) is 4.90 Å². The maximum Gasteiger partial charge on any atom is 0.295 e. The molecule has 1 aromatic rings. The van der Waals surface area contributed by atoms with E-state index in [9.17, 15) is 8.42 Å². The van der Waals surface area contributed by atoms with Crippen LogP contribution in [0, 0.1) is 5.41 Å². The molecule has 0 aliphatic rings. The van der Waals surface area contributed by atoms with Gasteiger partial charge < -0.3 is 5.21 Å². The molecular formula is C11H15NO4S. The van der Waals surface area contributed by atoms with Gasteiger partial charge in [-0.15, -0.1) is 0 Å². The summed E-state index contributed by atoms with van der Waals surface area (Å²) in [4.78, 5) is -0.261. The summed E-state index contributed by atoms with van der Waals surface area (Å²) in [6.07, 6.45) is 0. The fourth-order valence-corrected chi connectivity index (χ4v) is 2.19. The molecule has 0 heterocycles. The van der Waals surface area contributed by atoms with Crippen LogP contribution in [-0.2, 0) is 10.1 Å². The van der Waals surface area contributed by atoms with Crippen LogP contribution in [0.4, 0.5) is 0 Å². The lowest BCUT2D eigenvalue weighted by Gasteiger charge is -2.21. The minimum atomic E-state index is -4.34. The van der Waals surface area contributed by atoms with Crippen molar-refractivity contribution in [1.82, 2.24) is 0 Å². The van der Waals surface area contributed by atoms with E-state index in [4.69, 9.17) is 9.76 Å². The fraction of sp³-hybridized carbons (Fsp3) is 0.364. The van der Waals surface area contributed by atoms with Crippen molar-refractivity contribution in [3.05, 3.63) is 29.8 Å². The molecule has 6 heteroatoms. The molecule has 0 aromatic heterocycles. The van der Waals surface area contributed by atoms with Crippen LogP contribution in [0.25, 0.3) is 0 Å². The highest BCUT2D eigenvalue weighted by atomic mass is 32.2. The van der Waals surface area contributed by atoms with Crippen LogP contribution in [0.5, 0.6) is 0 Å². The van der Waals surface area contributed by atoms with E-state index in [1.54, 1.807) is 26.8 Å². The summed E-state index contributed by atoms with van der Waals surface area (Å²) in [5.74, 6) is 0. The lowest BCUT2D eigenvalue weighted by molar-refractivity contribution is 0.311. The van der Waals surface area contributed by atoms with E-state index in [1.807, 2.05) is 0 Å². The summed E-state index contributed by atoms with van der Waals surface area (Å²) in [6, 6.07) is 5.86. The number of rotatable bonds is 2. The maximum atomic E-state index is 11.2. The third kappa shape index (κ3) is 3.04. The molecule has 1 aromatic carbocycles. The van der Waals surface area contributed by atoms with Crippen molar-refractivity contribution >= 4 is 15.8 Å². The predicted octanol–water partition coefficient (Wildman–Crippen LogP) is 2.16. The molecule has 1 rings (SSSR count). The molecule has 0 aliphatic heterocycles. The molecule has 0 spiro atoms. The molecule has 5 nitrogen and oxygen atoms in total. The molecule has 0 bridgehead atoms. The third-order valence-electron chi connectivity index (χ3n) is 2.23. The molecule has 0 radical (unpaired) electrons. The number of hydrogen-bond donors (Lipinski definition) is 2. The predicted molar refractivity (Wildman–Crippen MR) is 64.0 cm³/mol. The molecule has 0 unspecified atom stereocenters. The Morgan fingerprint density at radius 1 is 1.24 bits per heavy atom. The van der Waals surface area contributed by atoms with Crippen molar-refractivity contribution in [2.45, 2.75) is 25.7 Å². The third-order valence-corrected chi connectivity index (χ3v) is 3.14. The number of oxime groups is 1. The minimum Gasteiger partial charge on any atom is -0.411 e. The quantitative estimate of drug-likeness (QED) is 0.368. The minimum absolute atomic E-state index is 0.199. The summed E-state index contributed by atoms with van der Waals surface area (Å²) >= 11 is 0. The Labute approximate surface area is 101 Å². The Morgan fingerprint density at radius 2 is 1.76 bits per heavy atom. The van der Waals surface area contributed by atoms with Crippen molar-refractivity contribution in [2.24, 2.45) is 10.6 Å². The number of hydrogen-bond acceptors (Lipinski definition) is 4. The fourth-order valence-electron chi connectivity index (χ4n) is 1.50. The second-order valence-electron chi connectivity index (χ2n) is 4.67. The highest BCUT2D eigenvalue weighted by molar-refractivity contribution is 7.86. The first-order chi connectivity index (χ1) is 7.68. The van der Waals surface area contributed by atoms with Crippen LogP contribution in [0.1, 0.15) is 26.3 Å². The molecule has 2 N–H and O–H groups in total. The van der Waals surface area contributed by atoms with E-state index < -0.39 is 15.5 Å². The molecule has 0 saturated heterocycles. The molecule has 0 amide bonds. The van der Waals surface area contributed by atoms with Gasteiger partial charge in [-0.3, -0.25) is 4.55 Å².